The third-order valence-corrected chi connectivity index (χ3v) is 6.16. The predicted octanol–water partition coefficient (Wildman–Crippen LogP) is 1.84. The fourth-order valence-corrected chi connectivity index (χ4v) is 4.63. The Morgan fingerprint density at radius 3 is 2.40 bits per heavy atom. The summed E-state index contributed by atoms with van der Waals surface area (Å²) < 4.78 is 24.1. The first-order valence-corrected chi connectivity index (χ1v) is 8.02. The lowest BCUT2D eigenvalue weighted by Gasteiger charge is -2.02. The number of nitrogens with zero attached hydrogens (tertiary/aromatic N) is 1. The number of carboxylic acids is 1. The minimum Gasteiger partial charge on any atom is -0.480 e. The van der Waals surface area contributed by atoms with Crippen LogP contribution in [0, 0.1) is 16.7 Å². The van der Waals surface area contributed by atoms with Gasteiger partial charge in [-0.3, -0.25) is 4.79 Å². The summed E-state index contributed by atoms with van der Waals surface area (Å²) in [4.78, 5) is 11.4. The second kappa shape index (κ2) is 4.76. The van der Waals surface area contributed by atoms with Crippen LogP contribution in [-0.2, 0) is 14.6 Å². The summed E-state index contributed by atoms with van der Waals surface area (Å²) in [6.07, 6.45) is 0. The monoisotopic (exact) mass is 313 g/mol. The van der Waals surface area contributed by atoms with E-state index in [4.69, 9.17) is 11.6 Å². The zero-order chi connectivity index (χ0) is 15.1. The van der Waals surface area contributed by atoms with Crippen molar-refractivity contribution in [2.75, 3.05) is 5.75 Å². The van der Waals surface area contributed by atoms with Crippen LogP contribution in [0.4, 0.5) is 0 Å². The van der Waals surface area contributed by atoms with Crippen molar-refractivity contribution in [3.8, 4) is 6.07 Å². The number of benzene rings is 1. The Balaban J connectivity index is 2.54. The molecule has 1 aliphatic carbocycles. The van der Waals surface area contributed by atoms with E-state index in [9.17, 15) is 23.6 Å². The fraction of sp³-hybridized carbons (Fsp3) is 0.385. The summed E-state index contributed by atoms with van der Waals surface area (Å²) in [6.45, 7) is 1.44. The lowest BCUT2D eigenvalue weighted by molar-refractivity contribution is -0.141. The molecule has 0 spiro atoms. The Labute approximate surface area is 121 Å². The highest BCUT2D eigenvalue weighted by atomic mass is 35.5. The minimum absolute atomic E-state index is 0.196. The fourth-order valence-electron chi connectivity index (χ4n) is 2.57. The van der Waals surface area contributed by atoms with Crippen molar-refractivity contribution in [3.05, 3.63) is 34.9 Å². The van der Waals surface area contributed by atoms with Gasteiger partial charge in [0.1, 0.15) is 5.25 Å². The van der Waals surface area contributed by atoms with Crippen molar-refractivity contribution in [2.45, 2.75) is 18.1 Å². The van der Waals surface area contributed by atoms with Crippen molar-refractivity contribution in [1.29, 1.82) is 5.26 Å². The van der Waals surface area contributed by atoms with E-state index in [1.54, 1.807) is 30.3 Å². The molecule has 0 bridgehead atoms. The van der Waals surface area contributed by atoms with Crippen LogP contribution >= 0.6 is 11.6 Å². The first-order chi connectivity index (χ1) is 9.31. The topological polar surface area (TPSA) is 95.2 Å². The van der Waals surface area contributed by atoms with Gasteiger partial charge >= 0.3 is 5.97 Å². The maximum Gasteiger partial charge on any atom is 0.326 e. The molecule has 1 N–H and O–H groups in total. The lowest BCUT2D eigenvalue weighted by atomic mass is 10.0. The Hall–Kier alpha value is -1.58. The van der Waals surface area contributed by atoms with Gasteiger partial charge in [-0.25, -0.2) is 8.42 Å². The molecule has 0 aromatic heterocycles. The van der Waals surface area contributed by atoms with Gasteiger partial charge in [-0.1, -0.05) is 30.7 Å². The number of halogens is 1. The van der Waals surface area contributed by atoms with Crippen LogP contribution in [0.25, 0.3) is 0 Å². The molecule has 0 aliphatic heterocycles. The average Bonchev–Trinajstić information content (AvgIpc) is 3.11. The zero-order valence-corrected chi connectivity index (χ0v) is 12.1. The molecule has 0 unspecified atom stereocenters. The summed E-state index contributed by atoms with van der Waals surface area (Å²) in [5, 5.41) is 17.8. The first-order valence-electron chi connectivity index (χ1n) is 5.93. The summed E-state index contributed by atoms with van der Waals surface area (Å²) in [6, 6.07) is 7.92. The van der Waals surface area contributed by atoms with Crippen LogP contribution in [0.5, 0.6) is 0 Å². The molecule has 1 aliphatic rings. The summed E-state index contributed by atoms with van der Waals surface area (Å²) in [5.41, 5.74) is -1.40. The van der Waals surface area contributed by atoms with E-state index in [2.05, 4.69) is 0 Å². The lowest BCUT2D eigenvalue weighted by Crippen LogP contribution is -2.23. The van der Waals surface area contributed by atoms with Crippen molar-refractivity contribution in [3.63, 3.8) is 0 Å². The molecule has 1 saturated carbocycles. The molecule has 106 valence electrons. The Bertz CT molecular complexity index is 692. The van der Waals surface area contributed by atoms with Crippen LogP contribution in [0.15, 0.2) is 24.3 Å². The number of sulfone groups is 1. The number of carbonyl (C=O) groups is 1. The van der Waals surface area contributed by atoms with Crippen molar-refractivity contribution in [1.82, 2.24) is 0 Å². The van der Waals surface area contributed by atoms with Gasteiger partial charge in [0.25, 0.3) is 0 Å². The second-order valence-electron chi connectivity index (χ2n) is 4.69. The molecule has 1 aromatic carbocycles. The molecule has 0 amide bonds. The number of carboxylic acid groups (broad SMARTS) is 1. The third-order valence-electron chi connectivity index (χ3n) is 3.69. The maximum atomic E-state index is 12.1. The van der Waals surface area contributed by atoms with Crippen LogP contribution in [-0.4, -0.2) is 30.5 Å². The molecule has 5 nitrogen and oxygen atoms in total. The van der Waals surface area contributed by atoms with Crippen LogP contribution in [0.3, 0.4) is 0 Å². The van der Waals surface area contributed by atoms with E-state index in [1.165, 1.54) is 6.92 Å². The Kier molecular flexibility index (Phi) is 3.53. The van der Waals surface area contributed by atoms with Crippen molar-refractivity contribution in [2.24, 2.45) is 5.41 Å². The molecule has 3 atom stereocenters. The molecule has 0 heterocycles. The number of hydrogen-bond donors (Lipinski definition) is 1. The van der Waals surface area contributed by atoms with Gasteiger partial charge in [-0.15, -0.1) is 0 Å². The van der Waals surface area contributed by atoms with Gasteiger partial charge in [0.15, 0.2) is 15.3 Å². The molecule has 7 heteroatoms. The van der Waals surface area contributed by atoms with Crippen LogP contribution in [0.2, 0.25) is 5.02 Å². The number of nitriles is 1. The summed E-state index contributed by atoms with van der Waals surface area (Å²) in [7, 11) is -3.63. The summed E-state index contributed by atoms with van der Waals surface area (Å²) >= 11 is 5.76. The zero-order valence-electron chi connectivity index (χ0n) is 10.6. The minimum atomic E-state index is -3.63. The van der Waals surface area contributed by atoms with Crippen LogP contribution in [0.1, 0.15) is 18.4 Å². The van der Waals surface area contributed by atoms with E-state index in [0.29, 0.717) is 10.6 Å². The first kappa shape index (κ1) is 14.8. The third kappa shape index (κ3) is 1.98. The molecular formula is C13H12ClNO4S. The van der Waals surface area contributed by atoms with Crippen LogP contribution < -0.4 is 0 Å². The molecule has 20 heavy (non-hydrogen) atoms. The van der Waals surface area contributed by atoms with Crippen molar-refractivity contribution < 1.29 is 18.3 Å². The van der Waals surface area contributed by atoms with Gasteiger partial charge in [-0.05, 0) is 17.7 Å². The SMILES string of the molecule is CCS(=O)(=O)[C@@H]1[C@@H](c2ccc(Cl)cc2)[C@]1(C#N)C(=O)O. The van der Waals surface area contributed by atoms with Gasteiger partial charge < -0.3 is 5.11 Å². The number of aliphatic carboxylic acids is 1. The molecular weight excluding hydrogens is 302 g/mol. The smallest absolute Gasteiger partial charge is 0.326 e. The van der Waals surface area contributed by atoms with E-state index in [0.717, 1.165) is 0 Å². The predicted molar refractivity (Wildman–Crippen MR) is 73.1 cm³/mol. The number of hydrogen-bond acceptors (Lipinski definition) is 4. The van der Waals surface area contributed by atoms with Gasteiger partial charge in [0.2, 0.25) is 0 Å². The van der Waals surface area contributed by atoms with Gasteiger partial charge in [-0.2, -0.15) is 5.26 Å². The van der Waals surface area contributed by atoms with Gasteiger partial charge in [0.05, 0.1) is 6.07 Å². The van der Waals surface area contributed by atoms with Gasteiger partial charge in [0, 0.05) is 16.7 Å². The normalized spacial score (nSPS) is 28.6. The van der Waals surface area contributed by atoms with E-state index < -0.39 is 32.4 Å². The number of rotatable bonds is 4. The summed E-state index contributed by atoms with van der Waals surface area (Å²) in [5.74, 6) is -2.45. The standard InChI is InChI=1S/C13H12ClNO4S/c1-2-20(18,19)11-10(13(11,7-15)12(16)17)8-3-5-9(14)6-4-8/h3-6,10-11H,2H2,1H3,(H,16,17)/t10-,11-,13+/m1/s1. The highest BCUT2D eigenvalue weighted by Crippen LogP contribution is 2.63. The maximum absolute atomic E-state index is 12.1. The molecule has 2 rings (SSSR count). The highest BCUT2D eigenvalue weighted by Gasteiger charge is 2.76. The van der Waals surface area contributed by atoms with Crippen molar-refractivity contribution >= 4 is 27.4 Å². The highest BCUT2D eigenvalue weighted by molar-refractivity contribution is 7.92. The largest absolute Gasteiger partial charge is 0.480 e. The second-order valence-corrected chi connectivity index (χ2v) is 7.53. The average molecular weight is 314 g/mol. The van der Waals surface area contributed by atoms with E-state index >= 15 is 0 Å². The molecule has 1 fully saturated rings. The van der Waals surface area contributed by atoms with E-state index in [1.807, 2.05) is 0 Å². The van der Waals surface area contributed by atoms with E-state index in [-0.39, 0.29) is 5.75 Å². The Morgan fingerprint density at radius 1 is 1.45 bits per heavy atom. The molecule has 1 aromatic rings. The Morgan fingerprint density at radius 2 is 2.00 bits per heavy atom. The molecule has 0 saturated heterocycles. The molecule has 0 radical (unpaired) electrons. The quantitative estimate of drug-likeness (QED) is 0.915.